The van der Waals surface area contributed by atoms with E-state index in [0.29, 0.717) is 24.1 Å². The fourth-order valence-electron chi connectivity index (χ4n) is 3.52. The van der Waals surface area contributed by atoms with Gasteiger partial charge in [0.25, 0.3) is 5.22 Å². The van der Waals surface area contributed by atoms with Crippen LogP contribution in [-0.2, 0) is 14.6 Å². The first-order valence-corrected chi connectivity index (χ1v) is 12.0. The number of hydrogen-bond acceptors (Lipinski definition) is 7. The quantitative estimate of drug-likeness (QED) is 0.660. The number of carbonyl (C=O) groups excluding carboxylic acids is 1. The van der Waals surface area contributed by atoms with Crippen molar-refractivity contribution < 1.29 is 17.6 Å². The summed E-state index contributed by atoms with van der Waals surface area (Å²) in [5, 5.41) is 8.04. The number of benzene rings is 1. The van der Waals surface area contributed by atoms with Crippen molar-refractivity contribution in [2.45, 2.75) is 50.6 Å². The van der Waals surface area contributed by atoms with E-state index in [0.717, 1.165) is 16.7 Å². The van der Waals surface area contributed by atoms with Gasteiger partial charge < -0.3 is 9.32 Å². The Morgan fingerprint density at radius 2 is 1.96 bits per heavy atom. The van der Waals surface area contributed by atoms with Crippen molar-refractivity contribution in [1.82, 2.24) is 15.1 Å². The molecule has 0 N–H and O–H groups in total. The zero-order valence-electron chi connectivity index (χ0n) is 16.5. The van der Waals surface area contributed by atoms with Gasteiger partial charge in [0, 0.05) is 18.2 Å². The summed E-state index contributed by atoms with van der Waals surface area (Å²) in [6, 6.07) is 5.77. The summed E-state index contributed by atoms with van der Waals surface area (Å²) in [4.78, 5) is 14.5. The number of sulfone groups is 1. The Kier molecular flexibility index (Phi) is 6.14. The third kappa shape index (κ3) is 4.75. The van der Waals surface area contributed by atoms with E-state index in [1.807, 2.05) is 32.9 Å². The van der Waals surface area contributed by atoms with Crippen LogP contribution in [0.5, 0.6) is 0 Å². The zero-order valence-corrected chi connectivity index (χ0v) is 18.1. The van der Waals surface area contributed by atoms with Gasteiger partial charge in [-0.25, -0.2) is 8.42 Å². The lowest BCUT2D eigenvalue weighted by atomic mass is 10.1. The van der Waals surface area contributed by atoms with Crippen LogP contribution in [0.1, 0.15) is 31.4 Å². The second-order valence-electron chi connectivity index (χ2n) is 7.19. The van der Waals surface area contributed by atoms with Crippen molar-refractivity contribution in [3.63, 3.8) is 0 Å². The largest absolute Gasteiger partial charge is 0.411 e. The van der Waals surface area contributed by atoms with Crippen molar-refractivity contribution in [2.75, 3.05) is 18.1 Å². The van der Waals surface area contributed by atoms with Crippen molar-refractivity contribution in [2.24, 2.45) is 0 Å². The van der Waals surface area contributed by atoms with Crippen LogP contribution in [0.15, 0.2) is 27.8 Å². The minimum Gasteiger partial charge on any atom is -0.411 e. The molecule has 1 aromatic carbocycles. The molecule has 1 amide bonds. The van der Waals surface area contributed by atoms with Crippen molar-refractivity contribution in [1.29, 1.82) is 0 Å². The highest BCUT2D eigenvalue weighted by atomic mass is 32.2. The van der Waals surface area contributed by atoms with Crippen molar-refractivity contribution >= 4 is 27.5 Å². The van der Waals surface area contributed by atoms with Gasteiger partial charge >= 0.3 is 0 Å². The van der Waals surface area contributed by atoms with Gasteiger partial charge in [-0.1, -0.05) is 29.0 Å². The second kappa shape index (κ2) is 8.24. The number of carbonyl (C=O) groups is 1. The summed E-state index contributed by atoms with van der Waals surface area (Å²) in [5.74, 6) is 0.497. The number of nitrogens with zero attached hydrogens (tertiary/aromatic N) is 3. The van der Waals surface area contributed by atoms with Crippen LogP contribution in [0.25, 0.3) is 11.5 Å². The molecule has 1 aliphatic heterocycles. The highest BCUT2D eigenvalue weighted by Crippen LogP contribution is 2.29. The molecule has 2 atom stereocenters. The molecule has 152 valence electrons. The maximum absolute atomic E-state index is 12.9. The Hall–Kier alpha value is -1.87. The summed E-state index contributed by atoms with van der Waals surface area (Å²) in [7, 11) is -3.04. The molecule has 9 heteroatoms. The average molecular weight is 424 g/mol. The number of hydrogen-bond donors (Lipinski definition) is 0. The van der Waals surface area contributed by atoms with Crippen LogP contribution in [0.3, 0.4) is 0 Å². The third-order valence-electron chi connectivity index (χ3n) is 4.77. The summed E-state index contributed by atoms with van der Waals surface area (Å²) >= 11 is 1.20. The molecule has 1 aliphatic rings. The lowest BCUT2D eigenvalue weighted by Gasteiger charge is -2.28. The SMILES string of the molecule is CCN(C(=O)[C@H](C)Sc1nnc(-c2cc(C)cc(C)c2)o1)[C@@H]1CCS(=O)(=O)C1. The van der Waals surface area contributed by atoms with Gasteiger partial charge in [0.2, 0.25) is 11.8 Å². The summed E-state index contributed by atoms with van der Waals surface area (Å²) in [6.07, 6.45) is 0.497. The number of aromatic nitrogens is 2. The molecular formula is C19H25N3O4S2. The zero-order chi connectivity index (χ0) is 20.5. The molecule has 0 spiro atoms. The molecule has 28 heavy (non-hydrogen) atoms. The van der Waals surface area contributed by atoms with Crippen LogP contribution < -0.4 is 0 Å². The molecule has 0 unspecified atom stereocenters. The van der Waals surface area contributed by atoms with E-state index in [9.17, 15) is 13.2 Å². The molecule has 1 fully saturated rings. The van der Waals surface area contributed by atoms with Gasteiger partial charge in [-0.15, -0.1) is 10.2 Å². The highest BCUT2D eigenvalue weighted by Gasteiger charge is 2.35. The topological polar surface area (TPSA) is 93.4 Å². The predicted molar refractivity (Wildman–Crippen MR) is 109 cm³/mol. The molecule has 0 radical (unpaired) electrons. The van der Waals surface area contributed by atoms with Crippen LogP contribution in [0.2, 0.25) is 0 Å². The van der Waals surface area contributed by atoms with Crippen LogP contribution in [-0.4, -0.2) is 58.8 Å². The monoisotopic (exact) mass is 423 g/mol. The first kappa shape index (κ1) is 20.9. The van der Waals surface area contributed by atoms with Crippen molar-refractivity contribution in [3.8, 4) is 11.5 Å². The van der Waals surface area contributed by atoms with E-state index in [-0.39, 0.29) is 23.5 Å². The minimum atomic E-state index is -3.04. The lowest BCUT2D eigenvalue weighted by molar-refractivity contribution is -0.131. The first-order valence-electron chi connectivity index (χ1n) is 9.28. The molecule has 2 heterocycles. The number of thioether (sulfide) groups is 1. The van der Waals surface area contributed by atoms with Gasteiger partial charge in [0.05, 0.1) is 16.8 Å². The van der Waals surface area contributed by atoms with Crippen molar-refractivity contribution in [3.05, 3.63) is 29.3 Å². The Balaban J connectivity index is 1.69. The van der Waals surface area contributed by atoms with Gasteiger partial charge in [0.1, 0.15) is 0 Å². The predicted octanol–water partition coefficient (Wildman–Crippen LogP) is 2.87. The molecule has 3 rings (SSSR count). The molecule has 0 aliphatic carbocycles. The summed E-state index contributed by atoms with van der Waals surface area (Å²) in [5.41, 5.74) is 3.06. The number of aryl methyl sites for hydroxylation is 2. The maximum atomic E-state index is 12.9. The minimum absolute atomic E-state index is 0.0430. The third-order valence-corrected chi connectivity index (χ3v) is 7.45. The molecule has 2 aromatic rings. The molecule has 0 saturated carbocycles. The average Bonchev–Trinajstić information content (AvgIpc) is 3.21. The van der Waals surface area contributed by atoms with E-state index >= 15 is 0 Å². The molecule has 1 aromatic heterocycles. The molecule has 7 nitrogen and oxygen atoms in total. The number of amides is 1. The van der Waals surface area contributed by atoms with E-state index in [2.05, 4.69) is 16.3 Å². The standard InChI is InChI=1S/C19H25N3O4S2/c1-5-22(16-6-7-28(24,25)11-16)18(23)14(4)27-19-21-20-17(26-19)15-9-12(2)8-13(3)10-15/h8-10,14,16H,5-7,11H2,1-4H3/t14-,16+/m0/s1. The Morgan fingerprint density at radius 1 is 1.29 bits per heavy atom. The van der Waals surface area contributed by atoms with E-state index in [1.165, 1.54) is 11.8 Å². The van der Waals surface area contributed by atoms with Gasteiger partial charge in [-0.3, -0.25) is 4.79 Å². The fraction of sp³-hybridized carbons (Fsp3) is 0.526. The molecule has 1 saturated heterocycles. The van der Waals surface area contributed by atoms with Gasteiger partial charge in [0.15, 0.2) is 9.84 Å². The Labute approximate surface area is 169 Å². The van der Waals surface area contributed by atoms with Crippen LogP contribution in [0, 0.1) is 13.8 Å². The maximum Gasteiger partial charge on any atom is 0.277 e. The normalized spacial score (nSPS) is 19.5. The van der Waals surface area contributed by atoms with Crippen LogP contribution >= 0.6 is 11.8 Å². The highest BCUT2D eigenvalue weighted by molar-refractivity contribution is 8.00. The smallest absolute Gasteiger partial charge is 0.277 e. The van der Waals surface area contributed by atoms with E-state index in [1.54, 1.807) is 11.8 Å². The summed E-state index contributed by atoms with van der Waals surface area (Å²) in [6.45, 7) is 8.13. The fourth-order valence-corrected chi connectivity index (χ4v) is 6.01. The Bertz CT molecular complexity index is 951. The van der Waals surface area contributed by atoms with E-state index in [4.69, 9.17) is 4.42 Å². The lowest BCUT2D eigenvalue weighted by Crippen LogP contribution is -2.44. The Morgan fingerprint density at radius 3 is 2.54 bits per heavy atom. The number of rotatable bonds is 6. The second-order valence-corrected chi connectivity index (χ2v) is 10.7. The van der Waals surface area contributed by atoms with E-state index < -0.39 is 15.1 Å². The van der Waals surface area contributed by atoms with Gasteiger partial charge in [-0.2, -0.15) is 0 Å². The first-order chi connectivity index (χ1) is 13.2. The van der Waals surface area contributed by atoms with Gasteiger partial charge in [-0.05, 0) is 46.2 Å². The molecular weight excluding hydrogens is 398 g/mol. The molecule has 0 bridgehead atoms. The summed E-state index contributed by atoms with van der Waals surface area (Å²) < 4.78 is 29.3. The van der Waals surface area contributed by atoms with Crippen LogP contribution in [0.4, 0.5) is 0 Å².